The second-order valence-corrected chi connectivity index (χ2v) is 10.3. The summed E-state index contributed by atoms with van der Waals surface area (Å²) in [6, 6.07) is 7.42. The molecule has 1 aliphatic carbocycles. The first-order valence-corrected chi connectivity index (χ1v) is 12.2. The van der Waals surface area contributed by atoms with Crippen molar-refractivity contribution in [2.45, 2.75) is 77.3 Å². The van der Waals surface area contributed by atoms with Crippen LogP contribution in [0.15, 0.2) is 24.3 Å². The minimum Gasteiger partial charge on any atom is -0.350 e. The van der Waals surface area contributed by atoms with Gasteiger partial charge < -0.3 is 24.8 Å². The lowest BCUT2D eigenvalue weighted by Crippen LogP contribution is -2.70. The number of hydrogen-bond donors (Lipinski definition) is 2. The SMILES string of the molecule is Cc1ccccc1NC(=O)NCCO[C@H]1O[C@@H]2O[C@]3(C)CC[C@H]4[C@H](C)CC[C@@H]([C@H]1C)[C@@]24OO3. The van der Waals surface area contributed by atoms with Crippen LogP contribution in [0.2, 0.25) is 0 Å². The van der Waals surface area contributed by atoms with E-state index < -0.39 is 24.0 Å². The van der Waals surface area contributed by atoms with Gasteiger partial charge in [-0.05, 0) is 56.6 Å². The van der Waals surface area contributed by atoms with Gasteiger partial charge in [-0.2, -0.15) is 0 Å². The Balaban J connectivity index is 1.20. The first-order chi connectivity index (χ1) is 15.8. The number of ether oxygens (including phenoxy) is 3. The van der Waals surface area contributed by atoms with Crippen molar-refractivity contribution in [2.75, 3.05) is 18.5 Å². The number of carbonyl (C=O) groups excluding carboxylic acids is 1. The Morgan fingerprint density at radius 3 is 2.79 bits per heavy atom. The van der Waals surface area contributed by atoms with Crippen molar-refractivity contribution >= 4 is 11.7 Å². The van der Waals surface area contributed by atoms with E-state index in [0.29, 0.717) is 25.0 Å². The molecule has 0 aromatic heterocycles. The highest BCUT2D eigenvalue weighted by molar-refractivity contribution is 5.89. The molecular formula is C25H36N2O6. The third kappa shape index (κ3) is 4.06. The lowest BCUT2D eigenvalue weighted by molar-refractivity contribution is -0.577. The van der Waals surface area contributed by atoms with Gasteiger partial charge in [0.25, 0.3) is 0 Å². The maximum absolute atomic E-state index is 12.2. The zero-order chi connectivity index (χ0) is 23.2. The van der Waals surface area contributed by atoms with Crippen LogP contribution in [-0.4, -0.2) is 43.2 Å². The first-order valence-electron chi connectivity index (χ1n) is 12.2. The van der Waals surface area contributed by atoms with Crippen LogP contribution in [0.25, 0.3) is 0 Å². The van der Waals surface area contributed by atoms with Gasteiger partial charge in [-0.3, -0.25) is 0 Å². The van der Waals surface area contributed by atoms with E-state index in [9.17, 15) is 4.79 Å². The summed E-state index contributed by atoms with van der Waals surface area (Å²) in [4.78, 5) is 24.2. The average molecular weight is 461 g/mol. The topological polar surface area (TPSA) is 87.3 Å². The van der Waals surface area contributed by atoms with Crippen molar-refractivity contribution in [3.8, 4) is 0 Å². The van der Waals surface area contributed by atoms with Gasteiger partial charge in [-0.25, -0.2) is 14.6 Å². The summed E-state index contributed by atoms with van der Waals surface area (Å²) < 4.78 is 18.9. The van der Waals surface area contributed by atoms with Crippen molar-refractivity contribution in [3.05, 3.63) is 29.8 Å². The maximum Gasteiger partial charge on any atom is 0.319 e. The zero-order valence-corrected chi connectivity index (χ0v) is 20.0. The van der Waals surface area contributed by atoms with Gasteiger partial charge >= 0.3 is 6.03 Å². The molecule has 4 heterocycles. The highest BCUT2D eigenvalue weighted by Crippen LogP contribution is 2.60. The predicted octanol–water partition coefficient (Wildman–Crippen LogP) is 4.34. The number of aryl methyl sites for hydroxylation is 1. The molecule has 1 aromatic rings. The number of anilines is 1. The molecule has 4 aliphatic heterocycles. The van der Waals surface area contributed by atoms with Crippen LogP contribution in [0.3, 0.4) is 0 Å². The molecule has 2 amide bonds. The number of nitrogens with one attached hydrogen (secondary N) is 2. The van der Waals surface area contributed by atoms with E-state index >= 15 is 0 Å². The summed E-state index contributed by atoms with van der Waals surface area (Å²) in [5, 5.41) is 5.72. The molecular weight excluding hydrogens is 424 g/mol. The molecule has 4 saturated heterocycles. The molecule has 0 radical (unpaired) electrons. The van der Waals surface area contributed by atoms with E-state index in [0.717, 1.165) is 36.9 Å². The Labute approximate surface area is 195 Å². The van der Waals surface area contributed by atoms with Crippen molar-refractivity contribution in [2.24, 2.45) is 23.7 Å². The minimum absolute atomic E-state index is 0.117. The maximum atomic E-state index is 12.2. The van der Waals surface area contributed by atoms with Gasteiger partial charge in [0.05, 0.1) is 6.61 Å². The quantitative estimate of drug-likeness (QED) is 0.502. The summed E-state index contributed by atoms with van der Waals surface area (Å²) in [5.74, 6) is 0.410. The number of amides is 2. The molecule has 6 rings (SSSR count). The molecule has 1 saturated carbocycles. The molecule has 182 valence electrons. The lowest BCUT2D eigenvalue weighted by atomic mass is 9.58. The molecule has 8 heteroatoms. The molecule has 5 aliphatic rings. The van der Waals surface area contributed by atoms with E-state index in [2.05, 4.69) is 24.5 Å². The predicted molar refractivity (Wildman–Crippen MR) is 121 cm³/mol. The number of fused-ring (bicyclic) bond motifs is 2. The van der Waals surface area contributed by atoms with Gasteiger partial charge in [-0.1, -0.05) is 32.0 Å². The van der Waals surface area contributed by atoms with Crippen molar-refractivity contribution in [3.63, 3.8) is 0 Å². The smallest absolute Gasteiger partial charge is 0.319 e. The number of para-hydroxylation sites is 1. The molecule has 5 fully saturated rings. The summed E-state index contributed by atoms with van der Waals surface area (Å²) >= 11 is 0. The standard InChI is InChI=1S/C25H36N2O6/c1-15-9-10-19-17(3)21(29-14-13-26-23(28)27-20-8-6-5-7-16(20)2)30-22-25(19)18(15)11-12-24(4,31-22)32-33-25/h5-8,15,17-19,21-22H,9-14H2,1-4H3,(H2,26,27,28)/t15-,17-,18+,19+,21+,22-,24+,25-/m1/s1. The van der Waals surface area contributed by atoms with Crippen molar-refractivity contribution in [1.82, 2.24) is 5.32 Å². The Morgan fingerprint density at radius 2 is 1.97 bits per heavy atom. The Hall–Kier alpha value is -1.71. The van der Waals surface area contributed by atoms with Crippen LogP contribution in [0.5, 0.6) is 0 Å². The monoisotopic (exact) mass is 460 g/mol. The largest absolute Gasteiger partial charge is 0.350 e. The van der Waals surface area contributed by atoms with E-state index in [4.69, 9.17) is 24.0 Å². The zero-order valence-electron chi connectivity index (χ0n) is 20.0. The molecule has 8 atom stereocenters. The third-order valence-electron chi connectivity index (χ3n) is 8.16. The average Bonchev–Trinajstić information content (AvgIpc) is 3.02. The summed E-state index contributed by atoms with van der Waals surface area (Å²) in [5.41, 5.74) is 1.22. The molecule has 8 nitrogen and oxygen atoms in total. The third-order valence-corrected chi connectivity index (χ3v) is 8.16. The number of urea groups is 1. The van der Waals surface area contributed by atoms with E-state index in [1.54, 1.807) is 0 Å². The van der Waals surface area contributed by atoms with E-state index in [1.165, 1.54) is 0 Å². The van der Waals surface area contributed by atoms with Crippen LogP contribution in [0.1, 0.15) is 52.0 Å². The molecule has 0 unspecified atom stereocenters. The van der Waals surface area contributed by atoms with Gasteiger partial charge in [0.2, 0.25) is 5.79 Å². The summed E-state index contributed by atoms with van der Waals surface area (Å²) in [7, 11) is 0. The number of carbonyl (C=O) groups is 1. The molecule has 1 aromatic carbocycles. The van der Waals surface area contributed by atoms with Crippen molar-refractivity contribution in [1.29, 1.82) is 0 Å². The fourth-order valence-corrected chi connectivity index (χ4v) is 6.28. The highest BCUT2D eigenvalue weighted by Gasteiger charge is 2.69. The number of benzene rings is 1. The lowest BCUT2D eigenvalue weighted by Gasteiger charge is -2.60. The van der Waals surface area contributed by atoms with Crippen LogP contribution < -0.4 is 10.6 Å². The molecule has 33 heavy (non-hydrogen) atoms. The van der Waals surface area contributed by atoms with E-state index in [1.807, 2.05) is 38.1 Å². The summed E-state index contributed by atoms with van der Waals surface area (Å²) in [6.07, 6.45) is 3.03. The van der Waals surface area contributed by atoms with E-state index in [-0.39, 0.29) is 17.9 Å². The van der Waals surface area contributed by atoms with Crippen LogP contribution in [-0.2, 0) is 24.0 Å². The van der Waals surface area contributed by atoms with Crippen LogP contribution in [0.4, 0.5) is 10.5 Å². The number of rotatable bonds is 5. The summed E-state index contributed by atoms with van der Waals surface area (Å²) in [6.45, 7) is 9.07. The normalized spacial score (nSPS) is 41.7. The minimum atomic E-state index is -0.794. The Morgan fingerprint density at radius 1 is 1.15 bits per heavy atom. The second kappa shape index (κ2) is 8.82. The van der Waals surface area contributed by atoms with Gasteiger partial charge in [0.1, 0.15) is 0 Å². The fraction of sp³-hybridized carbons (Fsp3) is 0.720. The van der Waals surface area contributed by atoms with Gasteiger partial charge in [0.15, 0.2) is 18.2 Å². The van der Waals surface area contributed by atoms with Gasteiger partial charge in [-0.15, -0.1) is 0 Å². The van der Waals surface area contributed by atoms with Crippen LogP contribution in [0, 0.1) is 30.6 Å². The molecule has 1 spiro atoms. The van der Waals surface area contributed by atoms with Crippen LogP contribution >= 0.6 is 0 Å². The Bertz CT molecular complexity index is 882. The number of hydrogen-bond acceptors (Lipinski definition) is 6. The second-order valence-electron chi connectivity index (χ2n) is 10.3. The Kier molecular flexibility index (Phi) is 6.16. The fourth-order valence-electron chi connectivity index (χ4n) is 6.28. The first kappa shape index (κ1) is 23.1. The molecule has 2 bridgehead atoms. The molecule has 2 N–H and O–H groups in total. The highest BCUT2D eigenvalue weighted by atomic mass is 17.3. The van der Waals surface area contributed by atoms with Gasteiger partial charge in [0, 0.05) is 30.5 Å². The van der Waals surface area contributed by atoms with Crippen molar-refractivity contribution < 1.29 is 28.8 Å².